The van der Waals surface area contributed by atoms with Crippen molar-refractivity contribution < 1.29 is 8.42 Å². The van der Waals surface area contributed by atoms with Crippen molar-refractivity contribution >= 4 is 43.2 Å². The van der Waals surface area contributed by atoms with Crippen molar-refractivity contribution in [1.29, 1.82) is 0 Å². The molecule has 0 aliphatic heterocycles. The normalized spacial score (nSPS) is 11.5. The van der Waals surface area contributed by atoms with Gasteiger partial charge in [-0.25, -0.2) is 0 Å². The summed E-state index contributed by atoms with van der Waals surface area (Å²) in [4.78, 5) is 0. The number of hydrogen-bond donors (Lipinski definition) is 1. The summed E-state index contributed by atoms with van der Waals surface area (Å²) in [5, 5.41) is 4.50. The molecular formula is C11H11BrClN3O2S. The molecule has 0 aliphatic carbocycles. The molecule has 19 heavy (non-hydrogen) atoms. The van der Waals surface area contributed by atoms with E-state index in [9.17, 15) is 8.42 Å². The van der Waals surface area contributed by atoms with Gasteiger partial charge in [-0.2, -0.15) is 13.5 Å². The van der Waals surface area contributed by atoms with Gasteiger partial charge in [-0.15, -0.1) is 0 Å². The van der Waals surface area contributed by atoms with Crippen LogP contribution in [0.3, 0.4) is 0 Å². The number of halogens is 2. The average Bonchev–Trinajstić information content (AvgIpc) is 2.69. The number of rotatable bonds is 4. The van der Waals surface area contributed by atoms with Crippen LogP contribution in [0.15, 0.2) is 35.5 Å². The Hall–Kier alpha value is -1.05. The zero-order valence-electron chi connectivity index (χ0n) is 9.97. The van der Waals surface area contributed by atoms with E-state index in [1.54, 1.807) is 18.2 Å². The van der Waals surface area contributed by atoms with Gasteiger partial charge in [-0.05, 0) is 17.7 Å². The average molecular weight is 365 g/mol. The van der Waals surface area contributed by atoms with Crippen molar-refractivity contribution in [1.82, 2.24) is 9.78 Å². The molecule has 0 bridgehead atoms. The maximum atomic E-state index is 12.2. The smallest absolute Gasteiger partial charge is 0.278 e. The molecule has 1 aromatic carbocycles. The Balaban J connectivity index is 2.36. The van der Waals surface area contributed by atoms with Gasteiger partial charge >= 0.3 is 0 Å². The van der Waals surface area contributed by atoms with E-state index in [-0.39, 0.29) is 10.0 Å². The predicted molar refractivity (Wildman–Crippen MR) is 78.1 cm³/mol. The van der Waals surface area contributed by atoms with Crippen LogP contribution in [0, 0.1) is 0 Å². The highest BCUT2D eigenvalue weighted by molar-refractivity contribution is 9.08. The second-order valence-electron chi connectivity index (χ2n) is 3.86. The lowest BCUT2D eigenvalue weighted by atomic mass is 10.2. The molecule has 0 fully saturated rings. The number of aromatic nitrogens is 2. The first-order valence-electron chi connectivity index (χ1n) is 5.29. The standard InChI is InChI=1S/C11H11BrClN3O2S/c1-16-11(10(13)7-14-16)19(17,18)15-9-4-2-3-8(5-9)6-12/h2-5,7,15H,6H2,1H3. The molecule has 1 N–H and O–H groups in total. The quantitative estimate of drug-likeness (QED) is 0.849. The third kappa shape index (κ3) is 3.10. The third-order valence-corrected chi connectivity index (χ3v) is 4.96. The monoisotopic (exact) mass is 363 g/mol. The van der Waals surface area contributed by atoms with Crippen LogP contribution in [0.1, 0.15) is 5.56 Å². The van der Waals surface area contributed by atoms with Crippen LogP contribution < -0.4 is 4.72 Å². The first-order valence-corrected chi connectivity index (χ1v) is 8.27. The molecule has 0 radical (unpaired) electrons. The van der Waals surface area contributed by atoms with E-state index >= 15 is 0 Å². The summed E-state index contributed by atoms with van der Waals surface area (Å²) in [5.41, 5.74) is 1.45. The third-order valence-electron chi connectivity index (χ3n) is 2.43. The lowest BCUT2D eigenvalue weighted by molar-refractivity contribution is 0.582. The van der Waals surface area contributed by atoms with E-state index in [1.165, 1.54) is 17.9 Å². The molecule has 0 amide bonds. The van der Waals surface area contributed by atoms with Gasteiger partial charge in [0.25, 0.3) is 10.0 Å². The Bertz CT molecular complexity index is 680. The van der Waals surface area contributed by atoms with Crippen molar-refractivity contribution in [3.63, 3.8) is 0 Å². The van der Waals surface area contributed by atoms with Gasteiger partial charge in [0.05, 0.1) is 11.2 Å². The highest BCUT2D eigenvalue weighted by atomic mass is 79.9. The molecule has 0 unspecified atom stereocenters. The van der Waals surface area contributed by atoms with Crippen LogP contribution in [0.2, 0.25) is 5.02 Å². The second-order valence-corrected chi connectivity index (χ2v) is 6.43. The molecule has 102 valence electrons. The number of anilines is 1. The Morgan fingerprint density at radius 1 is 1.47 bits per heavy atom. The van der Waals surface area contributed by atoms with Gasteiger partial charge < -0.3 is 0 Å². The summed E-state index contributed by atoms with van der Waals surface area (Å²) in [6, 6.07) is 7.09. The molecule has 5 nitrogen and oxygen atoms in total. The van der Waals surface area contributed by atoms with E-state index in [0.29, 0.717) is 11.0 Å². The minimum atomic E-state index is -3.75. The van der Waals surface area contributed by atoms with E-state index in [1.807, 2.05) is 6.07 Å². The molecule has 0 atom stereocenters. The number of nitrogens with zero attached hydrogens (tertiary/aromatic N) is 2. The zero-order valence-corrected chi connectivity index (χ0v) is 13.1. The summed E-state index contributed by atoms with van der Waals surface area (Å²) in [6.45, 7) is 0. The minimum Gasteiger partial charge on any atom is -0.278 e. The number of hydrogen-bond acceptors (Lipinski definition) is 3. The Kier molecular flexibility index (Phi) is 4.17. The van der Waals surface area contributed by atoms with E-state index in [4.69, 9.17) is 11.6 Å². The molecule has 0 aliphatic rings. The molecule has 1 heterocycles. The van der Waals surface area contributed by atoms with Crippen molar-refractivity contribution in [3.05, 3.63) is 41.0 Å². The van der Waals surface area contributed by atoms with Gasteiger partial charge in [0.2, 0.25) is 0 Å². The highest BCUT2D eigenvalue weighted by Gasteiger charge is 2.22. The van der Waals surface area contributed by atoms with Crippen molar-refractivity contribution in [3.8, 4) is 0 Å². The fraction of sp³-hybridized carbons (Fsp3) is 0.182. The highest BCUT2D eigenvalue weighted by Crippen LogP contribution is 2.23. The Morgan fingerprint density at radius 2 is 2.21 bits per heavy atom. The van der Waals surface area contributed by atoms with Crippen molar-refractivity contribution in [2.45, 2.75) is 10.4 Å². The summed E-state index contributed by atoms with van der Waals surface area (Å²) in [6.07, 6.45) is 1.30. The molecular weight excluding hydrogens is 354 g/mol. The van der Waals surface area contributed by atoms with Gasteiger partial charge in [-0.1, -0.05) is 39.7 Å². The lowest BCUT2D eigenvalue weighted by Gasteiger charge is -2.09. The largest absolute Gasteiger partial charge is 0.280 e. The number of benzene rings is 1. The van der Waals surface area contributed by atoms with Gasteiger partial charge in [-0.3, -0.25) is 9.40 Å². The maximum Gasteiger partial charge on any atom is 0.280 e. The Labute approximate surface area is 124 Å². The summed E-state index contributed by atoms with van der Waals surface area (Å²) in [5.74, 6) is 0. The van der Waals surface area contributed by atoms with Gasteiger partial charge in [0.1, 0.15) is 0 Å². The summed E-state index contributed by atoms with van der Waals surface area (Å²) in [7, 11) is -2.23. The van der Waals surface area contributed by atoms with Crippen molar-refractivity contribution in [2.24, 2.45) is 7.05 Å². The molecule has 2 aromatic rings. The predicted octanol–water partition coefficient (Wildman–Crippen LogP) is 2.77. The number of sulfonamides is 1. The van der Waals surface area contributed by atoms with Crippen LogP contribution in [0.25, 0.3) is 0 Å². The summed E-state index contributed by atoms with van der Waals surface area (Å²) < 4.78 is 28.2. The zero-order chi connectivity index (χ0) is 14.0. The lowest BCUT2D eigenvalue weighted by Crippen LogP contribution is -2.17. The van der Waals surface area contributed by atoms with Gasteiger partial charge in [0.15, 0.2) is 5.03 Å². The summed E-state index contributed by atoms with van der Waals surface area (Å²) >= 11 is 9.17. The first kappa shape index (κ1) is 14.4. The molecule has 2 rings (SSSR count). The molecule has 0 saturated carbocycles. The maximum absolute atomic E-state index is 12.2. The molecule has 0 saturated heterocycles. The fourth-order valence-electron chi connectivity index (χ4n) is 1.62. The van der Waals surface area contributed by atoms with Crippen LogP contribution >= 0.6 is 27.5 Å². The molecule has 1 aromatic heterocycles. The minimum absolute atomic E-state index is 0.0570. The van der Waals surface area contributed by atoms with Crippen molar-refractivity contribution in [2.75, 3.05) is 4.72 Å². The van der Waals surface area contributed by atoms with E-state index < -0.39 is 10.0 Å². The number of aryl methyl sites for hydroxylation is 1. The van der Waals surface area contributed by atoms with Crippen LogP contribution in [0.5, 0.6) is 0 Å². The van der Waals surface area contributed by atoms with E-state index in [0.717, 1.165) is 5.56 Å². The number of nitrogens with one attached hydrogen (secondary N) is 1. The first-order chi connectivity index (χ1) is 8.94. The van der Waals surface area contributed by atoms with Gasteiger partial charge in [0, 0.05) is 18.1 Å². The topological polar surface area (TPSA) is 64.0 Å². The van der Waals surface area contributed by atoms with E-state index in [2.05, 4.69) is 25.8 Å². The number of alkyl halides is 1. The van der Waals surface area contributed by atoms with Crippen LogP contribution in [-0.2, 0) is 22.4 Å². The Morgan fingerprint density at radius 3 is 2.79 bits per heavy atom. The molecule has 8 heteroatoms. The van der Waals surface area contributed by atoms with Crippen LogP contribution in [0.4, 0.5) is 5.69 Å². The SMILES string of the molecule is Cn1ncc(Cl)c1S(=O)(=O)Nc1cccc(CBr)c1. The molecule has 0 spiro atoms. The second kappa shape index (κ2) is 5.52. The fourth-order valence-corrected chi connectivity index (χ4v) is 3.68. The van der Waals surface area contributed by atoms with Crippen LogP contribution in [-0.4, -0.2) is 18.2 Å².